The van der Waals surface area contributed by atoms with E-state index in [1.165, 1.54) is 11.3 Å². The minimum Gasteiger partial charge on any atom is -0.277 e. The van der Waals surface area contributed by atoms with E-state index in [9.17, 15) is 5.26 Å². The summed E-state index contributed by atoms with van der Waals surface area (Å²) in [5, 5.41) is 16.1. The van der Waals surface area contributed by atoms with Gasteiger partial charge in [0, 0.05) is 10.9 Å². The molecule has 0 radical (unpaired) electrons. The number of nitriles is 1. The van der Waals surface area contributed by atoms with Gasteiger partial charge in [-0.25, -0.2) is 4.98 Å². The summed E-state index contributed by atoms with van der Waals surface area (Å²) in [7, 11) is 0. The Bertz CT molecular complexity index is 875. The maximum Gasteiger partial charge on any atom is 0.196 e. The van der Waals surface area contributed by atoms with E-state index in [2.05, 4.69) is 21.6 Å². The number of hydrogen-bond donors (Lipinski definition) is 1. The fraction of sp³-hybridized carbons (Fsp3) is 0.0556. The largest absolute Gasteiger partial charge is 0.277 e. The molecular formula is C18H14N4S. The van der Waals surface area contributed by atoms with Crippen LogP contribution >= 0.6 is 11.3 Å². The molecule has 0 amide bonds. The molecule has 0 atom stereocenters. The van der Waals surface area contributed by atoms with Gasteiger partial charge in [-0.1, -0.05) is 48.5 Å². The molecule has 0 saturated carbocycles. The number of nitrogens with one attached hydrogen (secondary N) is 1. The summed E-state index contributed by atoms with van der Waals surface area (Å²) < 4.78 is 0. The Morgan fingerprint density at radius 2 is 1.87 bits per heavy atom. The first-order valence-electron chi connectivity index (χ1n) is 7.08. The van der Waals surface area contributed by atoms with Crippen molar-refractivity contribution in [3.63, 3.8) is 0 Å². The highest BCUT2D eigenvalue weighted by molar-refractivity contribution is 7.12. The lowest BCUT2D eigenvalue weighted by Gasteiger charge is -2.03. The summed E-state index contributed by atoms with van der Waals surface area (Å²) in [4.78, 5) is 4.51. The number of thiazole rings is 1. The SMILES string of the molecule is Cc1ccccc1N/N=C(/C#N)c1nc(-c2ccccc2)cs1. The molecule has 1 aromatic heterocycles. The molecule has 5 heteroatoms. The molecule has 0 aliphatic heterocycles. The van der Waals surface area contributed by atoms with Crippen molar-refractivity contribution in [2.45, 2.75) is 6.92 Å². The van der Waals surface area contributed by atoms with Gasteiger partial charge in [0.2, 0.25) is 0 Å². The first kappa shape index (κ1) is 14.9. The number of aryl methyl sites for hydroxylation is 1. The van der Waals surface area contributed by atoms with Crippen LogP contribution in [0.25, 0.3) is 11.3 Å². The van der Waals surface area contributed by atoms with Crippen LogP contribution < -0.4 is 5.43 Å². The van der Waals surface area contributed by atoms with Crippen LogP contribution in [0.15, 0.2) is 65.1 Å². The molecule has 0 unspecified atom stereocenters. The number of hydrazone groups is 1. The molecule has 1 N–H and O–H groups in total. The fourth-order valence-corrected chi connectivity index (χ4v) is 2.83. The molecule has 3 rings (SSSR count). The summed E-state index contributed by atoms with van der Waals surface area (Å²) in [5.74, 6) is 0. The van der Waals surface area contributed by atoms with Gasteiger partial charge in [0.05, 0.1) is 11.4 Å². The summed E-state index contributed by atoms with van der Waals surface area (Å²) in [5.41, 5.74) is 7.04. The van der Waals surface area contributed by atoms with Crippen molar-refractivity contribution in [3.8, 4) is 17.3 Å². The van der Waals surface area contributed by atoms with Crippen LogP contribution in [0.2, 0.25) is 0 Å². The van der Waals surface area contributed by atoms with Crippen LogP contribution in [0.5, 0.6) is 0 Å². The maximum atomic E-state index is 9.35. The van der Waals surface area contributed by atoms with Gasteiger partial charge >= 0.3 is 0 Å². The number of rotatable bonds is 4. The van der Waals surface area contributed by atoms with E-state index >= 15 is 0 Å². The lowest BCUT2D eigenvalue weighted by Crippen LogP contribution is -2.02. The average Bonchev–Trinajstić information content (AvgIpc) is 3.08. The van der Waals surface area contributed by atoms with E-state index < -0.39 is 0 Å². The number of benzene rings is 2. The first-order valence-corrected chi connectivity index (χ1v) is 7.96. The number of anilines is 1. The van der Waals surface area contributed by atoms with Gasteiger partial charge in [0.15, 0.2) is 10.7 Å². The fourth-order valence-electron chi connectivity index (χ4n) is 2.06. The minimum absolute atomic E-state index is 0.278. The van der Waals surface area contributed by atoms with Crippen molar-refractivity contribution in [3.05, 3.63) is 70.5 Å². The third-order valence-electron chi connectivity index (χ3n) is 3.32. The third kappa shape index (κ3) is 3.44. The van der Waals surface area contributed by atoms with E-state index in [1.54, 1.807) is 0 Å². The van der Waals surface area contributed by atoms with E-state index in [0.717, 1.165) is 22.5 Å². The van der Waals surface area contributed by atoms with E-state index in [4.69, 9.17) is 0 Å². The lowest BCUT2D eigenvalue weighted by molar-refractivity contribution is 1.28. The Morgan fingerprint density at radius 3 is 2.61 bits per heavy atom. The van der Waals surface area contributed by atoms with Crippen molar-refractivity contribution in [2.24, 2.45) is 5.10 Å². The second-order valence-electron chi connectivity index (χ2n) is 4.90. The van der Waals surface area contributed by atoms with Crippen molar-refractivity contribution in [2.75, 3.05) is 5.43 Å². The second-order valence-corrected chi connectivity index (χ2v) is 5.76. The van der Waals surface area contributed by atoms with Crippen molar-refractivity contribution in [1.82, 2.24) is 4.98 Å². The number of nitrogens with zero attached hydrogens (tertiary/aromatic N) is 3. The highest BCUT2D eigenvalue weighted by Crippen LogP contribution is 2.22. The Balaban J connectivity index is 1.85. The Labute approximate surface area is 138 Å². The normalized spacial score (nSPS) is 11.0. The van der Waals surface area contributed by atoms with Crippen molar-refractivity contribution in [1.29, 1.82) is 5.26 Å². The molecule has 0 aliphatic rings. The van der Waals surface area contributed by atoms with E-state index in [-0.39, 0.29) is 5.71 Å². The smallest absolute Gasteiger partial charge is 0.196 e. The van der Waals surface area contributed by atoms with E-state index in [1.807, 2.05) is 66.9 Å². The summed E-state index contributed by atoms with van der Waals surface area (Å²) in [6.45, 7) is 1.99. The molecule has 3 aromatic rings. The van der Waals surface area contributed by atoms with Gasteiger partial charge in [-0.15, -0.1) is 11.3 Å². The molecule has 1 heterocycles. The number of aromatic nitrogens is 1. The summed E-state index contributed by atoms with van der Waals surface area (Å²) in [6, 6.07) is 19.8. The van der Waals surface area contributed by atoms with Crippen LogP contribution in [0.1, 0.15) is 10.6 Å². The Kier molecular flexibility index (Phi) is 4.46. The lowest BCUT2D eigenvalue weighted by atomic mass is 10.2. The zero-order valence-corrected chi connectivity index (χ0v) is 13.3. The standard InChI is InChI=1S/C18H14N4S/c1-13-7-5-6-10-15(13)21-22-16(11-19)18-20-17(12-23-18)14-8-3-2-4-9-14/h2-10,12,21H,1H3/b22-16-. The first-order chi connectivity index (χ1) is 11.3. The molecule has 0 bridgehead atoms. The van der Waals surface area contributed by atoms with Gasteiger partial charge in [0.1, 0.15) is 6.07 Å². The van der Waals surface area contributed by atoms with Crippen molar-refractivity contribution < 1.29 is 0 Å². The zero-order valence-electron chi connectivity index (χ0n) is 12.5. The molecule has 4 nitrogen and oxygen atoms in total. The molecule has 0 saturated heterocycles. The molecule has 0 aliphatic carbocycles. The Morgan fingerprint density at radius 1 is 1.13 bits per heavy atom. The predicted octanol–water partition coefficient (Wildman–Crippen LogP) is 4.46. The monoisotopic (exact) mass is 318 g/mol. The molecule has 0 spiro atoms. The third-order valence-corrected chi connectivity index (χ3v) is 4.16. The number of hydrogen-bond acceptors (Lipinski definition) is 5. The van der Waals surface area contributed by atoms with Gasteiger partial charge < -0.3 is 0 Å². The van der Waals surface area contributed by atoms with Gasteiger partial charge in [-0.05, 0) is 18.6 Å². The van der Waals surface area contributed by atoms with Crippen LogP contribution in [0, 0.1) is 18.3 Å². The molecule has 112 valence electrons. The summed E-state index contributed by atoms with van der Waals surface area (Å²) in [6.07, 6.45) is 0. The van der Waals surface area contributed by atoms with Gasteiger partial charge in [-0.2, -0.15) is 10.4 Å². The predicted molar refractivity (Wildman–Crippen MR) is 94.5 cm³/mol. The van der Waals surface area contributed by atoms with E-state index in [0.29, 0.717) is 5.01 Å². The average molecular weight is 318 g/mol. The Hall–Kier alpha value is -2.97. The summed E-state index contributed by atoms with van der Waals surface area (Å²) >= 11 is 1.41. The number of para-hydroxylation sites is 1. The van der Waals surface area contributed by atoms with Gasteiger partial charge in [0.25, 0.3) is 0 Å². The van der Waals surface area contributed by atoms with Crippen LogP contribution in [0.4, 0.5) is 5.69 Å². The van der Waals surface area contributed by atoms with Crippen LogP contribution in [-0.4, -0.2) is 10.7 Å². The molecule has 0 fully saturated rings. The molecular weight excluding hydrogens is 304 g/mol. The minimum atomic E-state index is 0.278. The van der Waals surface area contributed by atoms with Crippen molar-refractivity contribution >= 4 is 22.7 Å². The highest BCUT2D eigenvalue weighted by atomic mass is 32.1. The highest BCUT2D eigenvalue weighted by Gasteiger charge is 2.10. The van der Waals surface area contributed by atoms with Crippen LogP contribution in [0.3, 0.4) is 0 Å². The zero-order chi connectivity index (χ0) is 16.1. The second kappa shape index (κ2) is 6.86. The van der Waals surface area contributed by atoms with Gasteiger partial charge in [-0.3, -0.25) is 5.43 Å². The molecule has 2 aromatic carbocycles. The molecule has 23 heavy (non-hydrogen) atoms. The quantitative estimate of drug-likeness (QED) is 0.571. The maximum absolute atomic E-state index is 9.35. The topological polar surface area (TPSA) is 61.1 Å². The van der Waals surface area contributed by atoms with Crippen LogP contribution in [-0.2, 0) is 0 Å².